The first-order chi connectivity index (χ1) is 13.8. The zero-order valence-electron chi connectivity index (χ0n) is 18.8. The number of thioether (sulfide) groups is 3. The molecule has 0 radical (unpaired) electrons. The van der Waals surface area contributed by atoms with Gasteiger partial charge in [0.1, 0.15) is 0 Å². The Bertz CT molecular complexity index is 247. The monoisotopic (exact) mass is 452 g/mol. The van der Waals surface area contributed by atoms with Gasteiger partial charge in [-0.1, -0.05) is 40.0 Å². The summed E-state index contributed by atoms with van der Waals surface area (Å²) in [5.41, 5.74) is 0. The third-order valence-corrected chi connectivity index (χ3v) is 7.45. The van der Waals surface area contributed by atoms with Crippen molar-refractivity contribution in [3.63, 3.8) is 0 Å². The van der Waals surface area contributed by atoms with Crippen LogP contribution in [0.25, 0.3) is 0 Å². The van der Waals surface area contributed by atoms with Crippen LogP contribution in [0.1, 0.15) is 78.6 Å². The molecule has 0 atom stereocenters. The molecule has 168 valence electrons. The van der Waals surface area contributed by atoms with Crippen LogP contribution in [0.15, 0.2) is 0 Å². The second-order valence-corrected chi connectivity index (χ2v) is 10.5. The Morgan fingerprint density at radius 1 is 0.464 bits per heavy atom. The molecule has 3 nitrogen and oxygen atoms in total. The van der Waals surface area contributed by atoms with Crippen molar-refractivity contribution in [2.45, 2.75) is 78.6 Å². The lowest BCUT2D eigenvalue weighted by molar-refractivity contribution is 0.0940. The van der Waals surface area contributed by atoms with Crippen LogP contribution in [0.3, 0.4) is 0 Å². The van der Waals surface area contributed by atoms with Crippen molar-refractivity contribution in [1.82, 2.24) is 0 Å². The summed E-state index contributed by atoms with van der Waals surface area (Å²) in [7, 11) is -0.484. The molecule has 0 aliphatic rings. The highest BCUT2D eigenvalue weighted by Crippen LogP contribution is 2.09. The largest absolute Gasteiger partial charge is 0.639 e. The predicted octanol–water partition coefficient (Wildman–Crippen LogP) is 6.79. The summed E-state index contributed by atoms with van der Waals surface area (Å²) >= 11 is 6.07. The minimum absolute atomic E-state index is 0.484. The Hall–Kier alpha value is 0.995. The molecular weight excluding hydrogens is 407 g/mol. The van der Waals surface area contributed by atoms with Gasteiger partial charge in [0.15, 0.2) is 0 Å². The third kappa shape index (κ3) is 23.3. The molecule has 7 heteroatoms. The summed E-state index contributed by atoms with van der Waals surface area (Å²) in [5, 5.41) is 0. The van der Waals surface area contributed by atoms with E-state index in [-0.39, 0.29) is 0 Å². The van der Waals surface area contributed by atoms with Gasteiger partial charge in [0.2, 0.25) is 0 Å². The van der Waals surface area contributed by atoms with Gasteiger partial charge in [0, 0.05) is 19.8 Å². The molecule has 0 heterocycles. The first kappa shape index (κ1) is 29.0. The van der Waals surface area contributed by atoms with Crippen LogP contribution in [0, 0.1) is 0 Å². The molecule has 0 N–H and O–H groups in total. The molecule has 0 spiro atoms. The Morgan fingerprint density at radius 2 is 0.750 bits per heavy atom. The fourth-order valence-electron chi connectivity index (χ4n) is 2.21. The quantitative estimate of drug-likeness (QED) is 0.118. The summed E-state index contributed by atoms with van der Waals surface area (Å²) in [5.74, 6) is 7.27. The molecule has 0 aliphatic carbocycles. The van der Waals surface area contributed by atoms with E-state index in [9.17, 15) is 0 Å². The van der Waals surface area contributed by atoms with Crippen LogP contribution in [-0.2, 0) is 14.0 Å². The minimum Gasteiger partial charge on any atom is -0.386 e. The van der Waals surface area contributed by atoms with E-state index < -0.39 is 7.32 Å². The molecule has 0 fully saturated rings. The normalized spacial score (nSPS) is 11.2. The lowest BCUT2D eigenvalue weighted by Crippen LogP contribution is -2.29. The molecule has 0 amide bonds. The Labute approximate surface area is 189 Å². The SMILES string of the molecule is CCCCSCCCOB(OCCCSCCCC)OCCCSCCCC. The van der Waals surface area contributed by atoms with E-state index >= 15 is 0 Å². The Kier molecular flexibility index (Phi) is 27.0. The maximum atomic E-state index is 5.87. The summed E-state index contributed by atoms with van der Waals surface area (Å²) in [6, 6.07) is 0. The highest BCUT2D eigenvalue weighted by molar-refractivity contribution is 7.99. The first-order valence-corrected chi connectivity index (χ1v) is 14.9. The van der Waals surface area contributed by atoms with Crippen molar-refractivity contribution in [3.05, 3.63) is 0 Å². The number of hydrogen-bond donors (Lipinski definition) is 0. The summed E-state index contributed by atoms with van der Waals surface area (Å²) in [4.78, 5) is 0. The molecule has 0 aromatic heterocycles. The van der Waals surface area contributed by atoms with Crippen molar-refractivity contribution in [2.75, 3.05) is 54.3 Å². The first-order valence-electron chi connectivity index (χ1n) is 11.4. The van der Waals surface area contributed by atoms with Crippen molar-refractivity contribution in [1.29, 1.82) is 0 Å². The third-order valence-electron chi connectivity index (χ3n) is 3.99. The van der Waals surface area contributed by atoms with Gasteiger partial charge in [0.05, 0.1) is 0 Å². The smallest absolute Gasteiger partial charge is 0.386 e. The Morgan fingerprint density at radius 3 is 1.04 bits per heavy atom. The standard InChI is InChI=1S/C21H45BO3S3/c1-4-7-16-26-19-10-13-23-22(24-14-11-20-27-17-8-5-2)25-15-12-21-28-18-9-6-3/h4-21H2,1-3H3. The van der Waals surface area contributed by atoms with E-state index in [1.54, 1.807) is 0 Å². The van der Waals surface area contributed by atoms with Gasteiger partial charge in [-0.15, -0.1) is 0 Å². The van der Waals surface area contributed by atoms with Gasteiger partial charge in [-0.05, 0) is 73.0 Å². The fourth-order valence-corrected chi connectivity index (χ4v) is 5.27. The predicted molar refractivity (Wildman–Crippen MR) is 134 cm³/mol. The van der Waals surface area contributed by atoms with Crippen molar-refractivity contribution < 1.29 is 14.0 Å². The van der Waals surface area contributed by atoms with Crippen LogP contribution in [0.4, 0.5) is 0 Å². The van der Waals surface area contributed by atoms with E-state index in [4.69, 9.17) is 14.0 Å². The van der Waals surface area contributed by atoms with Gasteiger partial charge in [-0.2, -0.15) is 35.3 Å². The minimum atomic E-state index is -0.484. The highest BCUT2D eigenvalue weighted by atomic mass is 32.2. The van der Waals surface area contributed by atoms with Crippen molar-refractivity contribution in [3.8, 4) is 0 Å². The van der Waals surface area contributed by atoms with Crippen molar-refractivity contribution in [2.24, 2.45) is 0 Å². The molecule has 0 saturated carbocycles. The molecule has 0 rings (SSSR count). The Balaban J connectivity index is 3.80. The van der Waals surface area contributed by atoms with Gasteiger partial charge in [-0.3, -0.25) is 0 Å². The average Bonchev–Trinajstić information content (AvgIpc) is 2.71. The maximum absolute atomic E-state index is 5.87. The number of hydrogen-bond acceptors (Lipinski definition) is 6. The van der Waals surface area contributed by atoms with Gasteiger partial charge in [-0.25, -0.2) is 0 Å². The molecule has 0 aromatic carbocycles. The second kappa shape index (κ2) is 26.0. The van der Waals surface area contributed by atoms with Crippen LogP contribution in [-0.4, -0.2) is 61.7 Å². The van der Waals surface area contributed by atoms with Crippen LogP contribution in [0.2, 0.25) is 0 Å². The van der Waals surface area contributed by atoms with E-state index in [2.05, 4.69) is 20.8 Å². The van der Waals surface area contributed by atoms with Crippen LogP contribution in [0.5, 0.6) is 0 Å². The maximum Gasteiger partial charge on any atom is 0.639 e. The van der Waals surface area contributed by atoms with Crippen molar-refractivity contribution >= 4 is 42.6 Å². The average molecular weight is 453 g/mol. The lowest BCUT2D eigenvalue weighted by Gasteiger charge is -2.14. The number of rotatable bonds is 24. The molecule has 0 unspecified atom stereocenters. The molecule has 0 aliphatic heterocycles. The summed E-state index contributed by atoms with van der Waals surface area (Å²) in [6.45, 7) is 8.90. The van der Waals surface area contributed by atoms with Gasteiger partial charge in [0.25, 0.3) is 0 Å². The summed E-state index contributed by atoms with van der Waals surface area (Å²) < 4.78 is 17.6. The molecule has 28 heavy (non-hydrogen) atoms. The highest BCUT2D eigenvalue weighted by Gasteiger charge is 2.20. The lowest BCUT2D eigenvalue weighted by atomic mass is 10.2. The zero-order valence-corrected chi connectivity index (χ0v) is 21.2. The summed E-state index contributed by atoms with van der Waals surface area (Å²) in [6.07, 6.45) is 11.0. The van der Waals surface area contributed by atoms with Crippen LogP contribution >= 0.6 is 35.3 Å². The van der Waals surface area contributed by atoms with Crippen LogP contribution < -0.4 is 0 Å². The van der Waals surface area contributed by atoms with E-state index in [0.717, 1.165) is 56.3 Å². The second-order valence-electron chi connectivity index (χ2n) is 6.86. The molecule has 0 aromatic rings. The zero-order chi connectivity index (χ0) is 20.5. The molecule has 0 saturated heterocycles. The van der Waals surface area contributed by atoms with E-state index in [1.165, 1.54) is 55.8 Å². The molecule has 0 bridgehead atoms. The van der Waals surface area contributed by atoms with E-state index in [1.807, 2.05) is 35.3 Å². The number of unbranched alkanes of at least 4 members (excludes halogenated alkanes) is 3. The van der Waals surface area contributed by atoms with E-state index in [0.29, 0.717) is 0 Å². The van der Waals surface area contributed by atoms with Gasteiger partial charge < -0.3 is 14.0 Å². The van der Waals surface area contributed by atoms with Gasteiger partial charge >= 0.3 is 7.32 Å². The topological polar surface area (TPSA) is 27.7 Å². The molecular formula is C21H45BO3S3. The fraction of sp³-hybridized carbons (Fsp3) is 1.00.